The highest BCUT2D eigenvalue weighted by Gasteiger charge is 2.50. The van der Waals surface area contributed by atoms with E-state index >= 15 is 0 Å². The fourth-order valence-electron chi connectivity index (χ4n) is 2.68. The molecule has 0 bridgehead atoms. The fraction of sp³-hybridized carbons (Fsp3) is 0.500. The van der Waals surface area contributed by atoms with Crippen LogP contribution >= 0.6 is 15.6 Å². The summed E-state index contributed by atoms with van der Waals surface area (Å²) in [6.45, 7) is -0.835. The largest absolute Gasteiger partial charge is 0.481 e. The number of nitrogens with zero attached hydrogens (tertiary/aromatic N) is 2. The molecule has 1 unspecified atom stereocenters. The number of nitrogens with one attached hydrogen (secondary N) is 2. The summed E-state index contributed by atoms with van der Waals surface area (Å²) >= 11 is 0. The Labute approximate surface area is 153 Å². The summed E-state index contributed by atoms with van der Waals surface area (Å²) in [6.07, 6.45) is -5.46. The van der Waals surface area contributed by atoms with Crippen LogP contribution in [0.5, 0.6) is 0 Å². The van der Waals surface area contributed by atoms with Gasteiger partial charge in [0, 0.05) is 0 Å². The van der Waals surface area contributed by atoms with Crippen molar-refractivity contribution in [3.8, 4) is 0 Å². The summed E-state index contributed by atoms with van der Waals surface area (Å²) in [6, 6.07) is 0. The molecule has 1 aliphatic rings. The van der Waals surface area contributed by atoms with E-state index < -0.39 is 58.0 Å². The second kappa shape index (κ2) is 7.27. The third-order valence-corrected chi connectivity index (χ3v) is 5.88. The van der Waals surface area contributed by atoms with Crippen molar-refractivity contribution >= 4 is 26.8 Å². The Morgan fingerprint density at radius 3 is 2.54 bits per heavy atom. The molecule has 0 aliphatic carbocycles. The summed E-state index contributed by atoms with van der Waals surface area (Å²) in [7, 11) is -10.8. The van der Waals surface area contributed by atoms with Crippen molar-refractivity contribution < 1.29 is 47.6 Å². The van der Waals surface area contributed by atoms with Crippen molar-refractivity contribution in [1.29, 1.82) is 0 Å². The van der Waals surface area contributed by atoms with Crippen LogP contribution in [-0.2, 0) is 22.7 Å². The Bertz CT molecular complexity index is 1090. The second-order valence-corrected chi connectivity index (χ2v) is 8.39. The molecule has 18 heteroatoms. The van der Waals surface area contributed by atoms with Crippen molar-refractivity contribution in [1.82, 2.24) is 19.5 Å². The lowest BCUT2D eigenvalue weighted by Gasteiger charge is -2.22. The molecule has 2 aromatic heterocycles. The van der Waals surface area contributed by atoms with E-state index in [-0.39, 0.29) is 11.2 Å². The summed E-state index contributed by atoms with van der Waals surface area (Å²) in [5.74, 6) is 0. The molecule has 3 rings (SSSR count). The zero-order chi connectivity index (χ0) is 20.9. The number of imidazole rings is 1. The Kier molecular flexibility index (Phi) is 5.46. The average molecular weight is 444 g/mol. The predicted octanol–water partition coefficient (Wildman–Crippen LogP) is -2.74. The van der Waals surface area contributed by atoms with Gasteiger partial charge in [-0.3, -0.25) is 23.9 Å². The molecule has 1 fully saturated rings. The number of ether oxygens (including phenoxy) is 1. The van der Waals surface area contributed by atoms with Gasteiger partial charge in [0.15, 0.2) is 11.7 Å². The number of aromatic amines is 2. The molecular weight excluding hydrogens is 430 g/mol. The third-order valence-electron chi connectivity index (χ3n) is 3.70. The number of hydrogen-bond donors (Lipinski definition) is 7. The normalized spacial score (nSPS) is 27.9. The van der Waals surface area contributed by atoms with Crippen molar-refractivity contribution in [2.24, 2.45) is 0 Å². The van der Waals surface area contributed by atoms with Crippen LogP contribution in [0.4, 0.5) is 0 Å². The minimum Gasteiger partial charge on any atom is -0.394 e. The second-order valence-electron chi connectivity index (χ2n) is 5.61. The first-order valence-corrected chi connectivity index (χ1v) is 10.4. The van der Waals surface area contributed by atoms with Gasteiger partial charge in [0.2, 0.25) is 0 Å². The number of fused-ring (bicyclic) bond motifs is 1. The molecule has 28 heavy (non-hydrogen) atoms. The zero-order valence-electron chi connectivity index (χ0n) is 13.5. The van der Waals surface area contributed by atoms with Crippen LogP contribution in [0.3, 0.4) is 0 Å². The van der Waals surface area contributed by atoms with Crippen LogP contribution in [0.2, 0.25) is 0 Å². The Morgan fingerprint density at radius 2 is 1.93 bits per heavy atom. The molecule has 7 N–H and O–H groups in total. The summed E-state index contributed by atoms with van der Waals surface area (Å²) in [4.78, 5) is 57.9. The van der Waals surface area contributed by atoms with Gasteiger partial charge in [-0.05, 0) is 0 Å². The lowest BCUT2D eigenvalue weighted by atomic mass is 10.1. The van der Waals surface area contributed by atoms with Gasteiger partial charge in [-0.2, -0.15) is 4.31 Å². The smallest absolute Gasteiger partial charge is 0.394 e. The molecular formula is C10H14N4O12P2. The summed E-state index contributed by atoms with van der Waals surface area (Å²) in [5.41, 5.74) is -2.08. The van der Waals surface area contributed by atoms with E-state index in [1.54, 1.807) is 0 Å². The summed E-state index contributed by atoms with van der Waals surface area (Å²) in [5, 5.41) is 19.8. The highest BCUT2D eigenvalue weighted by molar-refractivity contribution is 7.60. The third kappa shape index (κ3) is 4.16. The van der Waals surface area contributed by atoms with Crippen LogP contribution in [0.1, 0.15) is 6.23 Å². The maximum Gasteiger partial charge on any atom is 0.481 e. The number of aromatic nitrogens is 4. The van der Waals surface area contributed by atoms with Crippen LogP contribution in [0.15, 0.2) is 15.9 Å². The number of hydrogen-bond acceptors (Lipinski definition) is 10. The Morgan fingerprint density at radius 1 is 1.25 bits per heavy atom. The minimum atomic E-state index is -5.42. The molecule has 5 atom stereocenters. The Balaban J connectivity index is 1.94. The number of phosphoric acid groups is 2. The van der Waals surface area contributed by atoms with Crippen LogP contribution in [0.25, 0.3) is 11.2 Å². The molecule has 2 aromatic rings. The number of H-pyrrole nitrogens is 2. The monoisotopic (exact) mass is 444 g/mol. The zero-order valence-corrected chi connectivity index (χ0v) is 15.3. The van der Waals surface area contributed by atoms with Crippen LogP contribution in [0, 0.1) is 0 Å². The minimum absolute atomic E-state index is 0.159. The molecule has 1 aliphatic heterocycles. The highest BCUT2D eigenvalue weighted by atomic mass is 31.3. The first-order chi connectivity index (χ1) is 12.9. The first-order valence-electron chi connectivity index (χ1n) is 7.33. The highest BCUT2D eigenvalue weighted by Crippen LogP contribution is 2.59. The van der Waals surface area contributed by atoms with Gasteiger partial charge in [0.1, 0.15) is 24.0 Å². The van der Waals surface area contributed by atoms with Crippen molar-refractivity contribution in [3.63, 3.8) is 0 Å². The molecule has 16 nitrogen and oxygen atoms in total. The van der Waals surface area contributed by atoms with Gasteiger partial charge in [0.05, 0.1) is 12.9 Å². The van der Waals surface area contributed by atoms with Gasteiger partial charge < -0.3 is 29.6 Å². The lowest BCUT2D eigenvalue weighted by Crippen LogP contribution is -2.35. The SMILES string of the molecule is O=c1[nH]c(=O)c2ncn([C@@H]3O[C@H](CO)[C@@H](OP(=O)(O)OP(=O)(O)O)[C@H]3O)c2[nH]1. The van der Waals surface area contributed by atoms with Crippen LogP contribution in [-0.4, -0.2) is 69.3 Å². The van der Waals surface area contributed by atoms with Crippen molar-refractivity contribution in [3.05, 3.63) is 27.2 Å². The Hall–Kier alpha value is -1.71. The van der Waals surface area contributed by atoms with Crippen molar-refractivity contribution in [2.75, 3.05) is 6.61 Å². The van der Waals surface area contributed by atoms with Crippen LogP contribution < -0.4 is 11.2 Å². The van der Waals surface area contributed by atoms with Gasteiger partial charge in [0.25, 0.3) is 5.56 Å². The van der Waals surface area contributed by atoms with E-state index in [0.29, 0.717) is 0 Å². The quantitative estimate of drug-likeness (QED) is 0.224. The van der Waals surface area contributed by atoms with E-state index in [2.05, 4.69) is 18.8 Å². The maximum absolute atomic E-state index is 11.7. The number of rotatable bonds is 6. The standard InChI is InChI=1S/C10H14N4O12P2/c15-1-3-6(25-28(22,23)26-27(19,20)21)5(16)9(24-3)14-2-11-4-7(14)12-10(18)13-8(4)17/h2-3,5-6,9,15-16H,1H2,(H,22,23)(H2,19,20,21)(H2,12,13,17,18)/t3-,5-,6-,9-/m1/s1. The van der Waals surface area contributed by atoms with E-state index in [9.17, 15) is 33.8 Å². The topological polar surface area (TPSA) is 247 Å². The van der Waals surface area contributed by atoms with Gasteiger partial charge in [-0.15, -0.1) is 0 Å². The predicted molar refractivity (Wildman–Crippen MR) is 85.8 cm³/mol. The molecule has 0 aromatic carbocycles. The van der Waals surface area contributed by atoms with Gasteiger partial charge in [-0.1, -0.05) is 0 Å². The average Bonchev–Trinajstić information content (AvgIpc) is 3.07. The first kappa shape index (κ1) is 21.0. The molecule has 0 radical (unpaired) electrons. The van der Waals surface area contributed by atoms with Crippen molar-refractivity contribution in [2.45, 2.75) is 24.5 Å². The molecule has 1 saturated heterocycles. The van der Waals surface area contributed by atoms with E-state index in [4.69, 9.17) is 14.5 Å². The van der Waals surface area contributed by atoms with E-state index in [0.717, 1.165) is 10.9 Å². The number of aliphatic hydroxyl groups excluding tert-OH is 2. The molecule has 3 heterocycles. The van der Waals surface area contributed by atoms with E-state index in [1.807, 2.05) is 4.98 Å². The summed E-state index contributed by atoms with van der Waals surface area (Å²) < 4.78 is 37.1. The molecule has 0 spiro atoms. The molecule has 0 saturated carbocycles. The van der Waals surface area contributed by atoms with Gasteiger partial charge >= 0.3 is 21.3 Å². The molecule has 156 valence electrons. The van der Waals surface area contributed by atoms with E-state index in [1.165, 1.54) is 0 Å². The molecule has 0 amide bonds. The lowest BCUT2D eigenvalue weighted by molar-refractivity contribution is -0.0509. The maximum atomic E-state index is 11.7. The number of phosphoric ester groups is 1. The fourth-order valence-corrected chi connectivity index (χ4v) is 4.48. The number of aliphatic hydroxyl groups is 2. The van der Waals surface area contributed by atoms with Gasteiger partial charge in [-0.25, -0.2) is 18.9 Å².